The molecule has 0 amide bonds. The van der Waals surface area contributed by atoms with Gasteiger partial charge in [-0.15, -0.1) is 0 Å². The zero-order valence-electron chi connectivity index (χ0n) is 11.7. The largest absolute Gasteiger partial charge is 0.491 e. The van der Waals surface area contributed by atoms with E-state index in [0.29, 0.717) is 12.4 Å². The molecule has 0 aliphatic heterocycles. The molecule has 0 fully saturated rings. The van der Waals surface area contributed by atoms with Crippen LogP contribution in [-0.2, 0) is 9.53 Å². The van der Waals surface area contributed by atoms with E-state index in [1.54, 1.807) is 18.9 Å². The minimum absolute atomic E-state index is 0.0683. The van der Waals surface area contributed by atoms with Crippen LogP contribution in [0.5, 0.6) is 5.75 Å². The first-order valence-corrected chi connectivity index (χ1v) is 6.42. The van der Waals surface area contributed by atoms with Crippen molar-refractivity contribution in [2.75, 3.05) is 33.4 Å². The SMILES string of the molecule is CCOC(=O)CN(C)CC(O)COc1ccc(F)cc1. The number of benzene rings is 1. The van der Waals surface area contributed by atoms with Crippen LogP contribution in [0.2, 0.25) is 0 Å². The highest BCUT2D eigenvalue weighted by Gasteiger charge is 2.12. The van der Waals surface area contributed by atoms with E-state index in [1.807, 2.05) is 0 Å². The number of hydrogen-bond acceptors (Lipinski definition) is 5. The number of carbonyl (C=O) groups excluding carboxylic acids is 1. The van der Waals surface area contributed by atoms with Crippen LogP contribution in [0.1, 0.15) is 6.92 Å². The van der Waals surface area contributed by atoms with Gasteiger partial charge in [0.05, 0.1) is 13.2 Å². The maximum Gasteiger partial charge on any atom is 0.320 e. The van der Waals surface area contributed by atoms with Gasteiger partial charge in [-0.2, -0.15) is 0 Å². The number of esters is 1. The van der Waals surface area contributed by atoms with Gasteiger partial charge in [-0.05, 0) is 38.2 Å². The Kier molecular flexibility index (Phi) is 6.97. The Balaban J connectivity index is 2.27. The monoisotopic (exact) mass is 285 g/mol. The molecule has 1 aromatic carbocycles. The molecule has 0 aliphatic rings. The number of aliphatic hydroxyl groups is 1. The normalized spacial score (nSPS) is 12.2. The molecule has 1 unspecified atom stereocenters. The van der Waals surface area contributed by atoms with E-state index >= 15 is 0 Å². The molecular weight excluding hydrogens is 265 g/mol. The molecule has 0 aromatic heterocycles. The fraction of sp³-hybridized carbons (Fsp3) is 0.500. The van der Waals surface area contributed by atoms with Gasteiger partial charge in [-0.25, -0.2) is 4.39 Å². The van der Waals surface area contributed by atoms with Gasteiger partial charge in [0, 0.05) is 6.54 Å². The number of likely N-dealkylation sites (N-methyl/N-ethyl adjacent to an activating group) is 1. The highest BCUT2D eigenvalue weighted by molar-refractivity contribution is 5.71. The molecule has 6 heteroatoms. The second-order valence-corrected chi connectivity index (χ2v) is 4.42. The summed E-state index contributed by atoms with van der Waals surface area (Å²) in [7, 11) is 1.71. The number of aliphatic hydroxyl groups excluding tert-OH is 1. The lowest BCUT2D eigenvalue weighted by molar-refractivity contribution is -0.144. The highest BCUT2D eigenvalue weighted by Crippen LogP contribution is 2.11. The number of hydrogen-bond donors (Lipinski definition) is 1. The van der Waals surface area contributed by atoms with Crippen molar-refractivity contribution in [3.63, 3.8) is 0 Å². The van der Waals surface area contributed by atoms with Crippen molar-refractivity contribution in [3.8, 4) is 5.75 Å². The Morgan fingerprint density at radius 1 is 1.40 bits per heavy atom. The fourth-order valence-electron chi connectivity index (χ4n) is 1.63. The molecular formula is C14H20FNO4. The van der Waals surface area contributed by atoms with Gasteiger partial charge < -0.3 is 14.6 Å². The first kappa shape index (κ1) is 16.4. The molecule has 1 rings (SSSR count). The molecule has 1 aromatic rings. The van der Waals surface area contributed by atoms with E-state index in [2.05, 4.69) is 0 Å². The van der Waals surface area contributed by atoms with Gasteiger partial charge in [0.1, 0.15) is 24.3 Å². The van der Waals surface area contributed by atoms with Gasteiger partial charge in [-0.3, -0.25) is 9.69 Å². The average molecular weight is 285 g/mol. The van der Waals surface area contributed by atoms with E-state index in [0.717, 1.165) is 0 Å². The van der Waals surface area contributed by atoms with Crippen molar-refractivity contribution in [3.05, 3.63) is 30.1 Å². The third-order valence-corrected chi connectivity index (χ3v) is 2.48. The molecule has 112 valence electrons. The summed E-state index contributed by atoms with van der Waals surface area (Å²) in [5.41, 5.74) is 0. The van der Waals surface area contributed by atoms with Crippen molar-refractivity contribution in [2.45, 2.75) is 13.0 Å². The van der Waals surface area contributed by atoms with Crippen molar-refractivity contribution in [1.29, 1.82) is 0 Å². The van der Waals surface area contributed by atoms with Crippen molar-refractivity contribution in [2.24, 2.45) is 0 Å². The van der Waals surface area contributed by atoms with Gasteiger partial charge in [0.2, 0.25) is 0 Å². The summed E-state index contributed by atoms with van der Waals surface area (Å²) >= 11 is 0. The predicted molar refractivity (Wildman–Crippen MR) is 72.0 cm³/mol. The summed E-state index contributed by atoms with van der Waals surface area (Å²) in [6, 6.07) is 5.55. The first-order chi connectivity index (χ1) is 9.51. The first-order valence-electron chi connectivity index (χ1n) is 6.42. The van der Waals surface area contributed by atoms with Crippen molar-refractivity contribution < 1.29 is 23.8 Å². The van der Waals surface area contributed by atoms with Crippen LogP contribution in [0, 0.1) is 5.82 Å². The zero-order chi connectivity index (χ0) is 15.0. The fourth-order valence-corrected chi connectivity index (χ4v) is 1.63. The number of rotatable bonds is 8. The van der Waals surface area contributed by atoms with Crippen LogP contribution in [0.3, 0.4) is 0 Å². The molecule has 5 nitrogen and oxygen atoms in total. The molecule has 1 N–H and O–H groups in total. The second-order valence-electron chi connectivity index (χ2n) is 4.42. The van der Waals surface area contributed by atoms with Crippen LogP contribution >= 0.6 is 0 Å². The van der Waals surface area contributed by atoms with Crippen LogP contribution in [0.25, 0.3) is 0 Å². The predicted octanol–water partition coefficient (Wildman–Crippen LogP) is 1.06. The number of ether oxygens (including phenoxy) is 2. The average Bonchev–Trinajstić information content (AvgIpc) is 2.38. The summed E-state index contributed by atoms with van der Waals surface area (Å²) in [6.07, 6.45) is -0.750. The van der Waals surface area contributed by atoms with Gasteiger partial charge in [-0.1, -0.05) is 0 Å². The molecule has 0 spiro atoms. The van der Waals surface area contributed by atoms with Gasteiger partial charge in [0.15, 0.2) is 0 Å². The molecule has 0 saturated carbocycles. The Hall–Kier alpha value is -1.66. The van der Waals surface area contributed by atoms with Crippen LogP contribution in [0.15, 0.2) is 24.3 Å². The number of nitrogens with zero attached hydrogens (tertiary/aromatic N) is 1. The summed E-state index contributed by atoms with van der Waals surface area (Å²) in [4.78, 5) is 12.9. The van der Waals surface area contributed by atoms with Gasteiger partial charge in [0.25, 0.3) is 0 Å². The third-order valence-electron chi connectivity index (χ3n) is 2.48. The van der Waals surface area contributed by atoms with E-state index < -0.39 is 6.10 Å². The molecule has 20 heavy (non-hydrogen) atoms. The molecule has 0 aliphatic carbocycles. The zero-order valence-corrected chi connectivity index (χ0v) is 11.7. The van der Waals surface area contributed by atoms with Crippen molar-refractivity contribution in [1.82, 2.24) is 4.90 Å². The lowest BCUT2D eigenvalue weighted by atomic mass is 10.3. The quantitative estimate of drug-likeness (QED) is 0.724. The number of carbonyl (C=O) groups is 1. The number of halogens is 1. The van der Waals surface area contributed by atoms with Crippen LogP contribution in [0.4, 0.5) is 4.39 Å². The Bertz CT molecular complexity index is 410. The standard InChI is InChI=1S/C14H20FNO4/c1-3-19-14(18)9-16(2)8-12(17)10-20-13-6-4-11(15)5-7-13/h4-7,12,17H,3,8-10H2,1-2H3. The molecule has 1 atom stereocenters. The highest BCUT2D eigenvalue weighted by atomic mass is 19.1. The van der Waals surface area contributed by atoms with E-state index in [-0.39, 0.29) is 31.5 Å². The second kappa shape index (κ2) is 8.50. The molecule has 0 bridgehead atoms. The molecule has 0 radical (unpaired) electrons. The Morgan fingerprint density at radius 2 is 2.05 bits per heavy atom. The van der Waals surface area contributed by atoms with E-state index in [1.165, 1.54) is 24.3 Å². The van der Waals surface area contributed by atoms with E-state index in [4.69, 9.17) is 9.47 Å². The summed E-state index contributed by atoms with van der Waals surface area (Å²) in [5, 5.41) is 9.79. The van der Waals surface area contributed by atoms with Crippen LogP contribution < -0.4 is 4.74 Å². The van der Waals surface area contributed by atoms with Gasteiger partial charge >= 0.3 is 5.97 Å². The summed E-state index contributed by atoms with van der Waals surface area (Å²) in [6.45, 7) is 2.53. The summed E-state index contributed by atoms with van der Waals surface area (Å²) in [5.74, 6) is -0.188. The Morgan fingerprint density at radius 3 is 2.65 bits per heavy atom. The maximum absolute atomic E-state index is 12.7. The molecule has 0 saturated heterocycles. The third kappa shape index (κ3) is 6.49. The van der Waals surface area contributed by atoms with Crippen molar-refractivity contribution >= 4 is 5.97 Å². The lowest BCUT2D eigenvalue weighted by Gasteiger charge is -2.19. The minimum atomic E-state index is -0.750. The van der Waals surface area contributed by atoms with E-state index in [9.17, 15) is 14.3 Å². The molecule has 0 heterocycles. The Labute approximate surface area is 117 Å². The smallest absolute Gasteiger partial charge is 0.320 e. The topological polar surface area (TPSA) is 59.0 Å². The summed E-state index contributed by atoms with van der Waals surface area (Å²) < 4.78 is 22.8. The maximum atomic E-state index is 12.7. The van der Waals surface area contributed by atoms with Crippen LogP contribution in [-0.4, -0.2) is 55.4 Å². The lowest BCUT2D eigenvalue weighted by Crippen LogP contribution is -2.36. The minimum Gasteiger partial charge on any atom is -0.491 e.